The summed E-state index contributed by atoms with van der Waals surface area (Å²) in [5.41, 5.74) is 3.71. The number of hydrogen-bond acceptors (Lipinski definition) is 4. The number of allylic oxidation sites excluding steroid dienone is 1. The van der Waals surface area contributed by atoms with Gasteiger partial charge in [-0.25, -0.2) is 4.98 Å². The molecule has 6 heteroatoms. The van der Waals surface area contributed by atoms with Crippen LogP contribution in [0, 0.1) is 13.8 Å². The van der Waals surface area contributed by atoms with Crippen LogP contribution < -0.4 is 5.32 Å². The van der Waals surface area contributed by atoms with E-state index in [0.29, 0.717) is 0 Å². The molecule has 1 N–H and O–H groups in total. The summed E-state index contributed by atoms with van der Waals surface area (Å²) in [5.74, 6) is 0.0957. The fourth-order valence-corrected chi connectivity index (χ4v) is 4.79. The zero-order valence-electron chi connectivity index (χ0n) is 16.9. The van der Waals surface area contributed by atoms with Crippen molar-refractivity contribution in [3.63, 3.8) is 0 Å². The first kappa shape index (κ1) is 20.5. The van der Waals surface area contributed by atoms with Crippen molar-refractivity contribution < 1.29 is 9.53 Å². The number of ether oxygens (including phenoxy) is 1. The highest BCUT2D eigenvalue weighted by molar-refractivity contribution is 8.00. The number of aryl methyl sites for hydroxylation is 1. The number of carbonyl (C=O) groups excluding carboxylic acids is 1. The molecular formula is C21H33N3O2S. The number of rotatable bonds is 8. The largest absolute Gasteiger partial charge is 0.376 e. The van der Waals surface area contributed by atoms with Crippen LogP contribution >= 0.6 is 11.8 Å². The molecule has 27 heavy (non-hydrogen) atoms. The van der Waals surface area contributed by atoms with E-state index in [1.807, 2.05) is 13.8 Å². The summed E-state index contributed by atoms with van der Waals surface area (Å²) < 4.78 is 8.03. The maximum atomic E-state index is 12.5. The van der Waals surface area contributed by atoms with Crippen molar-refractivity contribution in [3.8, 4) is 0 Å². The number of nitrogens with one attached hydrogen (secondary N) is 1. The van der Waals surface area contributed by atoms with Crippen LogP contribution in [0.25, 0.3) is 0 Å². The second-order valence-corrected chi connectivity index (χ2v) is 9.03. The molecule has 0 spiro atoms. The lowest BCUT2D eigenvalue weighted by Gasteiger charge is -2.17. The lowest BCUT2D eigenvalue weighted by Crippen LogP contribution is -2.32. The Morgan fingerprint density at radius 1 is 1.41 bits per heavy atom. The monoisotopic (exact) mass is 391 g/mol. The molecule has 2 aliphatic rings. The summed E-state index contributed by atoms with van der Waals surface area (Å²) in [6, 6.07) is 0. The summed E-state index contributed by atoms with van der Waals surface area (Å²) in [6.07, 6.45) is 10.8. The molecule has 0 radical (unpaired) electrons. The standard InChI is InChI=1S/C21H33N3O2S/c1-15-16(2)24(14-19-10-7-13-26-19)21(23-15)27-17(3)20(25)22-12-11-18-8-5-4-6-9-18/h8,17,19H,4-7,9-14H2,1-3H3,(H,22,25)/t17-,19-/m0/s1. The third-order valence-corrected chi connectivity index (χ3v) is 6.70. The first-order chi connectivity index (χ1) is 13.0. The first-order valence-electron chi connectivity index (χ1n) is 10.3. The predicted molar refractivity (Wildman–Crippen MR) is 110 cm³/mol. The predicted octanol–water partition coefficient (Wildman–Crippen LogP) is 4.17. The van der Waals surface area contributed by atoms with Gasteiger partial charge < -0.3 is 14.6 Å². The van der Waals surface area contributed by atoms with Crippen LogP contribution in [0.5, 0.6) is 0 Å². The first-order valence-corrected chi connectivity index (χ1v) is 11.2. The van der Waals surface area contributed by atoms with Gasteiger partial charge in [-0.05, 0) is 65.7 Å². The zero-order valence-corrected chi connectivity index (χ0v) is 17.7. The van der Waals surface area contributed by atoms with E-state index in [-0.39, 0.29) is 17.3 Å². The molecule has 5 nitrogen and oxygen atoms in total. The molecule has 0 saturated carbocycles. The topological polar surface area (TPSA) is 56.2 Å². The van der Waals surface area contributed by atoms with E-state index in [4.69, 9.17) is 9.72 Å². The smallest absolute Gasteiger partial charge is 0.233 e. The molecule has 2 heterocycles. The second-order valence-electron chi connectivity index (χ2n) is 7.72. The summed E-state index contributed by atoms with van der Waals surface area (Å²) in [7, 11) is 0. The van der Waals surface area contributed by atoms with Crippen LogP contribution in [0.15, 0.2) is 16.8 Å². The molecule has 0 unspecified atom stereocenters. The van der Waals surface area contributed by atoms with Crippen molar-refractivity contribution in [2.75, 3.05) is 13.2 Å². The van der Waals surface area contributed by atoms with Crippen LogP contribution in [-0.4, -0.2) is 40.0 Å². The number of amides is 1. The van der Waals surface area contributed by atoms with Crippen LogP contribution in [0.2, 0.25) is 0 Å². The van der Waals surface area contributed by atoms with E-state index in [1.165, 1.54) is 37.0 Å². The zero-order chi connectivity index (χ0) is 19.2. The van der Waals surface area contributed by atoms with Gasteiger partial charge in [-0.2, -0.15) is 0 Å². The van der Waals surface area contributed by atoms with Crippen LogP contribution in [0.4, 0.5) is 0 Å². The molecule has 150 valence electrons. The average Bonchev–Trinajstić information content (AvgIpc) is 3.27. The molecule has 1 aromatic heterocycles. The van der Waals surface area contributed by atoms with E-state index < -0.39 is 0 Å². The van der Waals surface area contributed by atoms with Gasteiger partial charge in [0.15, 0.2) is 5.16 Å². The lowest BCUT2D eigenvalue weighted by atomic mass is 9.97. The highest BCUT2D eigenvalue weighted by Crippen LogP contribution is 2.27. The molecule has 1 saturated heterocycles. The Morgan fingerprint density at radius 2 is 2.26 bits per heavy atom. The molecule has 1 aliphatic carbocycles. The van der Waals surface area contributed by atoms with E-state index in [0.717, 1.165) is 49.8 Å². The number of nitrogens with zero attached hydrogens (tertiary/aromatic N) is 2. The van der Waals surface area contributed by atoms with Crippen molar-refractivity contribution in [3.05, 3.63) is 23.0 Å². The number of thioether (sulfide) groups is 1. The Hall–Kier alpha value is -1.27. The quantitative estimate of drug-likeness (QED) is 0.534. The summed E-state index contributed by atoms with van der Waals surface area (Å²) in [6.45, 7) is 8.53. The molecule has 2 atom stereocenters. The Labute approximate surface area is 167 Å². The molecule has 1 fully saturated rings. The number of carbonyl (C=O) groups is 1. The minimum atomic E-state index is -0.158. The Morgan fingerprint density at radius 3 is 2.96 bits per heavy atom. The van der Waals surface area contributed by atoms with Gasteiger partial charge in [-0.3, -0.25) is 4.79 Å². The van der Waals surface area contributed by atoms with Gasteiger partial charge in [-0.1, -0.05) is 23.4 Å². The molecule has 1 aliphatic heterocycles. The van der Waals surface area contributed by atoms with Gasteiger partial charge in [-0.15, -0.1) is 0 Å². The van der Waals surface area contributed by atoms with Crippen molar-refractivity contribution in [1.29, 1.82) is 0 Å². The van der Waals surface area contributed by atoms with Gasteiger partial charge >= 0.3 is 0 Å². The number of aromatic nitrogens is 2. The van der Waals surface area contributed by atoms with Gasteiger partial charge in [0, 0.05) is 18.8 Å². The molecule has 0 bridgehead atoms. The minimum absolute atomic E-state index is 0.0957. The maximum Gasteiger partial charge on any atom is 0.233 e. The fraction of sp³-hybridized carbons (Fsp3) is 0.714. The van der Waals surface area contributed by atoms with Crippen molar-refractivity contribution in [2.24, 2.45) is 0 Å². The van der Waals surface area contributed by atoms with Crippen molar-refractivity contribution >= 4 is 17.7 Å². The van der Waals surface area contributed by atoms with Crippen LogP contribution in [-0.2, 0) is 16.1 Å². The summed E-state index contributed by atoms with van der Waals surface area (Å²) >= 11 is 1.55. The third-order valence-electron chi connectivity index (χ3n) is 5.61. The van der Waals surface area contributed by atoms with E-state index >= 15 is 0 Å². The molecular weight excluding hydrogens is 358 g/mol. The fourth-order valence-electron chi connectivity index (χ4n) is 3.75. The van der Waals surface area contributed by atoms with Gasteiger partial charge in [0.1, 0.15) is 0 Å². The lowest BCUT2D eigenvalue weighted by molar-refractivity contribution is -0.120. The Kier molecular flexibility index (Phi) is 7.41. The van der Waals surface area contributed by atoms with Crippen LogP contribution in [0.1, 0.15) is 63.3 Å². The number of imidazole rings is 1. The van der Waals surface area contributed by atoms with E-state index in [9.17, 15) is 4.79 Å². The molecule has 1 aromatic rings. The van der Waals surface area contributed by atoms with Crippen molar-refractivity contribution in [2.45, 2.75) is 88.8 Å². The number of hydrogen-bond donors (Lipinski definition) is 1. The van der Waals surface area contributed by atoms with Crippen LogP contribution in [0.3, 0.4) is 0 Å². The Bertz CT molecular complexity index is 677. The SMILES string of the molecule is Cc1nc(S[C@@H](C)C(=O)NCCC2=CCCCC2)n(C[C@@H]2CCCO2)c1C. The maximum absolute atomic E-state index is 12.5. The molecule has 1 amide bonds. The van der Waals surface area contributed by atoms with E-state index in [2.05, 4.69) is 22.9 Å². The highest BCUT2D eigenvalue weighted by Gasteiger charge is 2.23. The Balaban J connectivity index is 1.53. The van der Waals surface area contributed by atoms with Gasteiger partial charge in [0.2, 0.25) is 5.91 Å². The molecule has 3 rings (SSSR count). The average molecular weight is 392 g/mol. The third kappa shape index (κ3) is 5.61. The highest BCUT2D eigenvalue weighted by atomic mass is 32.2. The molecule has 0 aromatic carbocycles. The van der Waals surface area contributed by atoms with Gasteiger partial charge in [0.05, 0.1) is 23.6 Å². The normalized spacial score (nSPS) is 21.1. The van der Waals surface area contributed by atoms with Gasteiger partial charge in [0.25, 0.3) is 0 Å². The summed E-state index contributed by atoms with van der Waals surface area (Å²) in [5, 5.41) is 3.87. The van der Waals surface area contributed by atoms with Crippen molar-refractivity contribution in [1.82, 2.24) is 14.9 Å². The minimum Gasteiger partial charge on any atom is -0.376 e. The summed E-state index contributed by atoms with van der Waals surface area (Å²) in [4.78, 5) is 17.2. The second kappa shape index (κ2) is 9.78. The van der Waals surface area contributed by atoms with E-state index in [1.54, 1.807) is 11.8 Å².